The van der Waals surface area contributed by atoms with Gasteiger partial charge in [-0.2, -0.15) is 18.2 Å². The summed E-state index contributed by atoms with van der Waals surface area (Å²) in [5.41, 5.74) is 0.191. The molecule has 0 aliphatic rings. The highest BCUT2D eigenvalue weighted by Gasteiger charge is 2.31. The molecule has 0 bridgehead atoms. The molecule has 0 radical (unpaired) electrons. The number of hydrogen-bond acceptors (Lipinski definition) is 7. The molecule has 1 unspecified atom stereocenters. The highest BCUT2D eigenvalue weighted by Crippen LogP contribution is 2.38. The summed E-state index contributed by atoms with van der Waals surface area (Å²) in [5, 5.41) is 12.4. The summed E-state index contributed by atoms with van der Waals surface area (Å²) in [6.07, 6.45) is -4.48. The molecule has 0 saturated heterocycles. The Morgan fingerprint density at radius 1 is 1.09 bits per heavy atom. The molecule has 0 N–H and O–H groups in total. The van der Waals surface area contributed by atoms with E-state index >= 15 is 0 Å². The highest BCUT2D eigenvalue weighted by atomic mass is 32.2. The zero-order valence-corrected chi connectivity index (χ0v) is 18.1. The highest BCUT2D eigenvalue weighted by molar-refractivity contribution is 7.99. The van der Waals surface area contributed by atoms with Gasteiger partial charge in [0.15, 0.2) is 16.8 Å². The van der Waals surface area contributed by atoms with Crippen molar-refractivity contribution in [2.24, 2.45) is 0 Å². The second-order valence-corrected chi connectivity index (χ2v) is 8.17. The molecule has 0 aliphatic heterocycles. The summed E-state index contributed by atoms with van der Waals surface area (Å²) < 4.78 is 52.1. The Bertz CT molecular complexity index is 1220. The third kappa shape index (κ3) is 4.47. The van der Waals surface area contributed by atoms with E-state index in [2.05, 4.69) is 20.3 Å². The van der Waals surface area contributed by atoms with E-state index in [4.69, 9.17) is 9.26 Å². The number of hydrogen-bond donors (Lipinski definition) is 0. The monoisotopic (exact) mass is 461 g/mol. The van der Waals surface area contributed by atoms with Crippen LogP contribution in [-0.4, -0.2) is 32.0 Å². The lowest BCUT2D eigenvalue weighted by atomic mass is 10.1. The fraction of sp³-hybridized carbons (Fsp3) is 0.238. The number of aryl methyl sites for hydroxylation is 1. The minimum Gasteiger partial charge on any atom is -0.497 e. The maximum Gasteiger partial charge on any atom is 0.416 e. The lowest BCUT2D eigenvalue weighted by Gasteiger charge is -2.14. The minimum absolute atomic E-state index is 0.284. The molecule has 4 aromatic rings. The van der Waals surface area contributed by atoms with Gasteiger partial charge in [-0.15, -0.1) is 10.2 Å². The van der Waals surface area contributed by atoms with Gasteiger partial charge in [0.05, 0.1) is 23.6 Å². The van der Waals surface area contributed by atoms with Crippen LogP contribution in [0.25, 0.3) is 17.1 Å². The molecule has 0 amide bonds. The van der Waals surface area contributed by atoms with E-state index in [1.165, 1.54) is 17.8 Å². The molecular weight excluding hydrogens is 443 g/mol. The van der Waals surface area contributed by atoms with Crippen LogP contribution in [0.2, 0.25) is 0 Å². The van der Waals surface area contributed by atoms with Crippen LogP contribution in [0, 0.1) is 6.92 Å². The van der Waals surface area contributed by atoms with Crippen molar-refractivity contribution >= 4 is 11.8 Å². The van der Waals surface area contributed by atoms with Crippen molar-refractivity contribution in [3.8, 4) is 22.8 Å². The molecule has 2 aromatic heterocycles. The summed E-state index contributed by atoms with van der Waals surface area (Å²) in [7, 11) is 1.55. The fourth-order valence-electron chi connectivity index (χ4n) is 3.01. The molecule has 2 heterocycles. The van der Waals surface area contributed by atoms with Crippen molar-refractivity contribution < 1.29 is 22.4 Å². The summed E-state index contributed by atoms with van der Waals surface area (Å²) in [5.74, 6) is 1.92. The van der Waals surface area contributed by atoms with Gasteiger partial charge in [0.25, 0.3) is 0 Å². The number of thioether (sulfide) groups is 1. The zero-order valence-electron chi connectivity index (χ0n) is 17.3. The molecular formula is C21H18F3N5O2S. The van der Waals surface area contributed by atoms with Crippen LogP contribution in [0.3, 0.4) is 0 Å². The number of alkyl halides is 3. The third-order valence-corrected chi connectivity index (χ3v) is 5.62. The predicted molar refractivity (Wildman–Crippen MR) is 112 cm³/mol. The first-order valence-electron chi connectivity index (χ1n) is 9.50. The quantitative estimate of drug-likeness (QED) is 0.351. The molecule has 1 atom stereocenters. The van der Waals surface area contributed by atoms with Crippen molar-refractivity contribution in [3.05, 3.63) is 65.8 Å². The number of methoxy groups -OCH3 is 1. The van der Waals surface area contributed by atoms with E-state index in [0.29, 0.717) is 34.0 Å². The van der Waals surface area contributed by atoms with E-state index in [0.717, 1.165) is 12.1 Å². The van der Waals surface area contributed by atoms with Gasteiger partial charge in [-0.05, 0) is 56.3 Å². The van der Waals surface area contributed by atoms with Gasteiger partial charge in [0, 0.05) is 5.56 Å². The fourth-order valence-corrected chi connectivity index (χ4v) is 3.91. The minimum atomic E-state index is -4.48. The first-order valence-corrected chi connectivity index (χ1v) is 10.4. The molecule has 2 aromatic carbocycles. The van der Waals surface area contributed by atoms with Crippen molar-refractivity contribution in [2.45, 2.75) is 30.4 Å². The van der Waals surface area contributed by atoms with Gasteiger partial charge in [0.2, 0.25) is 5.89 Å². The maximum atomic E-state index is 13.4. The van der Waals surface area contributed by atoms with Gasteiger partial charge in [-0.3, -0.25) is 4.57 Å². The molecule has 166 valence electrons. The topological polar surface area (TPSA) is 78.9 Å². The van der Waals surface area contributed by atoms with E-state index in [-0.39, 0.29) is 10.9 Å². The Morgan fingerprint density at radius 3 is 2.47 bits per heavy atom. The number of nitrogens with zero attached hydrogens (tertiary/aromatic N) is 5. The van der Waals surface area contributed by atoms with Crippen LogP contribution in [-0.2, 0) is 6.18 Å². The SMILES string of the molecule is COc1ccc(-c2nnc(SC(C)c3nc(C)no3)n2-c2cccc(C(F)(F)F)c2)cc1. The van der Waals surface area contributed by atoms with E-state index in [1.807, 2.05) is 6.92 Å². The van der Waals surface area contributed by atoms with E-state index in [1.54, 1.807) is 48.9 Å². The Hall–Kier alpha value is -3.34. The molecule has 11 heteroatoms. The molecule has 0 saturated carbocycles. The zero-order chi connectivity index (χ0) is 22.9. The summed E-state index contributed by atoms with van der Waals surface area (Å²) >= 11 is 1.26. The van der Waals surface area contributed by atoms with Crippen LogP contribution in [0.5, 0.6) is 5.75 Å². The second-order valence-electron chi connectivity index (χ2n) is 6.86. The van der Waals surface area contributed by atoms with Crippen LogP contribution in [0.4, 0.5) is 13.2 Å². The first kappa shape index (κ1) is 21.9. The van der Waals surface area contributed by atoms with Gasteiger partial charge < -0.3 is 9.26 Å². The number of halogens is 3. The van der Waals surface area contributed by atoms with Gasteiger partial charge in [0.1, 0.15) is 5.75 Å². The van der Waals surface area contributed by atoms with Gasteiger partial charge in [-0.1, -0.05) is 23.0 Å². The molecule has 0 spiro atoms. The molecule has 0 fully saturated rings. The Kier molecular flexibility index (Phi) is 5.92. The van der Waals surface area contributed by atoms with Crippen LogP contribution < -0.4 is 4.74 Å². The molecule has 7 nitrogen and oxygen atoms in total. The van der Waals surface area contributed by atoms with Crippen molar-refractivity contribution in [1.29, 1.82) is 0 Å². The van der Waals surface area contributed by atoms with Crippen LogP contribution >= 0.6 is 11.8 Å². The smallest absolute Gasteiger partial charge is 0.416 e. The van der Waals surface area contributed by atoms with E-state index < -0.39 is 11.7 Å². The Labute approximate surface area is 185 Å². The first-order chi connectivity index (χ1) is 15.3. The summed E-state index contributed by atoms with van der Waals surface area (Å²) in [6, 6.07) is 12.1. The molecule has 32 heavy (non-hydrogen) atoms. The van der Waals surface area contributed by atoms with E-state index in [9.17, 15) is 13.2 Å². The van der Waals surface area contributed by atoms with Crippen molar-refractivity contribution in [2.75, 3.05) is 7.11 Å². The molecule has 0 aliphatic carbocycles. The number of benzene rings is 2. The summed E-state index contributed by atoms with van der Waals surface area (Å²) in [4.78, 5) is 4.22. The standard InChI is InChI=1S/C21H18F3N5O2S/c1-12(19-25-13(2)28-31-19)32-20-27-26-18(14-7-9-17(30-3)10-8-14)29(20)16-6-4-5-15(11-16)21(22,23)24/h4-12H,1-3H3. The Balaban J connectivity index is 1.81. The Morgan fingerprint density at radius 2 is 1.84 bits per heavy atom. The lowest BCUT2D eigenvalue weighted by molar-refractivity contribution is -0.137. The van der Waals surface area contributed by atoms with Gasteiger partial charge >= 0.3 is 6.18 Å². The normalized spacial score (nSPS) is 12.7. The number of aromatic nitrogens is 5. The summed E-state index contributed by atoms with van der Waals surface area (Å²) in [6.45, 7) is 3.55. The van der Waals surface area contributed by atoms with Crippen LogP contribution in [0.1, 0.15) is 29.5 Å². The van der Waals surface area contributed by atoms with Crippen molar-refractivity contribution in [3.63, 3.8) is 0 Å². The lowest BCUT2D eigenvalue weighted by Crippen LogP contribution is -2.07. The average Bonchev–Trinajstić information content (AvgIpc) is 3.40. The average molecular weight is 461 g/mol. The number of rotatable bonds is 6. The van der Waals surface area contributed by atoms with Crippen molar-refractivity contribution in [1.82, 2.24) is 24.9 Å². The number of ether oxygens (including phenoxy) is 1. The third-order valence-electron chi connectivity index (χ3n) is 4.59. The molecule has 4 rings (SSSR count). The van der Waals surface area contributed by atoms with Gasteiger partial charge in [-0.25, -0.2) is 0 Å². The largest absolute Gasteiger partial charge is 0.497 e. The maximum absolute atomic E-state index is 13.4. The van der Waals surface area contributed by atoms with Crippen LogP contribution in [0.15, 0.2) is 58.2 Å². The predicted octanol–water partition coefficient (Wildman–Crippen LogP) is 5.51. The second kappa shape index (κ2) is 8.65.